The van der Waals surface area contributed by atoms with Crippen LogP contribution in [0.2, 0.25) is 0 Å². The summed E-state index contributed by atoms with van der Waals surface area (Å²) in [6, 6.07) is 8.93. The van der Waals surface area contributed by atoms with Gasteiger partial charge in [0.1, 0.15) is 0 Å². The molecule has 2 aliphatic carbocycles. The van der Waals surface area contributed by atoms with Gasteiger partial charge in [-0.15, -0.1) is 24.0 Å². The molecule has 3 aliphatic rings. The van der Waals surface area contributed by atoms with Crippen molar-refractivity contribution in [3.63, 3.8) is 0 Å². The van der Waals surface area contributed by atoms with Gasteiger partial charge in [0.05, 0.1) is 12.7 Å². The van der Waals surface area contributed by atoms with Gasteiger partial charge in [-0.2, -0.15) is 0 Å². The van der Waals surface area contributed by atoms with Crippen LogP contribution >= 0.6 is 24.0 Å². The monoisotopic (exact) mass is 485 g/mol. The average molecular weight is 485 g/mol. The van der Waals surface area contributed by atoms with Crippen LogP contribution in [0, 0.1) is 11.8 Å². The Morgan fingerprint density at radius 1 is 1.30 bits per heavy atom. The molecule has 1 heterocycles. The van der Waals surface area contributed by atoms with Crippen LogP contribution in [-0.2, 0) is 15.9 Å². The van der Waals surface area contributed by atoms with Crippen molar-refractivity contribution < 1.29 is 9.47 Å². The number of nitrogens with one attached hydrogen (secondary N) is 2. The number of rotatable bonds is 8. The third kappa shape index (κ3) is 5.15. The summed E-state index contributed by atoms with van der Waals surface area (Å²) >= 11 is 0. The Bertz CT molecular complexity index is 634. The van der Waals surface area contributed by atoms with E-state index in [4.69, 9.17) is 14.5 Å². The molecule has 0 bridgehead atoms. The number of nitrogens with zero attached hydrogens (tertiary/aromatic N) is 1. The minimum absolute atomic E-state index is 0. The number of guanidine groups is 1. The van der Waals surface area contributed by atoms with Crippen molar-refractivity contribution in [3.8, 4) is 0 Å². The van der Waals surface area contributed by atoms with Crippen molar-refractivity contribution in [1.29, 1.82) is 0 Å². The summed E-state index contributed by atoms with van der Waals surface area (Å²) in [6.07, 6.45) is 3.56. The summed E-state index contributed by atoms with van der Waals surface area (Å²) in [5.74, 6) is 3.24. The van der Waals surface area contributed by atoms with Gasteiger partial charge in [0.25, 0.3) is 0 Å². The Morgan fingerprint density at radius 3 is 3.00 bits per heavy atom. The van der Waals surface area contributed by atoms with Crippen LogP contribution in [0.4, 0.5) is 0 Å². The number of aliphatic imine (C=N–C) groups is 1. The van der Waals surface area contributed by atoms with Crippen LogP contribution in [0.3, 0.4) is 0 Å². The zero-order valence-corrected chi connectivity index (χ0v) is 18.5. The van der Waals surface area contributed by atoms with E-state index < -0.39 is 0 Å². The second kappa shape index (κ2) is 10.1. The van der Waals surface area contributed by atoms with Crippen LogP contribution in [0.25, 0.3) is 0 Å². The predicted octanol–water partition coefficient (Wildman–Crippen LogP) is 2.94. The molecule has 2 fully saturated rings. The van der Waals surface area contributed by atoms with Gasteiger partial charge in [-0.25, -0.2) is 0 Å². The van der Waals surface area contributed by atoms with E-state index in [1.165, 1.54) is 6.42 Å². The maximum Gasteiger partial charge on any atom is 0.191 e. The fourth-order valence-electron chi connectivity index (χ4n) is 4.44. The van der Waals surface area contributed by atoms with E-state index in [1.54, 1.807) is 11.1 Å². The molecule has 2 N–H and O–H groups in total. The van der Waals surface area contributed by atoms with E-state index in [2.05, 4.69) is 41.8 Å². The Balaban J connectivity index is 0.00000210. The lowest BCUT2D eigenvalue weighted by Crippen LogP contribution is -2.38. The highest BCUT2D eigenvalue weighted by Crippen LogP contribution is 2.61. The molecule has 1 aromatic carbocycles. The molecule has 150 valence electrons. The molecule has 27 heavy (non-hydrogen) atoms. The highest BCUT2D eigenvalue weighted by molar-refractivity contribution is 14.0. The number of ether oxygens (including phenoxy) is 2. The standard InChI is InChI=1S/C21H31N3O2.HI/c1-2-22-21(23-9-5-10-26-16-8-11-25-14-16)24-13-19-18-12-15-6-3-4-7-17(15)20(18)19;/h3-4,6-7,16,18-20H,2,5,8-14H2,1H3,(H2,22,23,24);1H. The van der Waals surface area contributed by atoms with Gasteiger partial charge in [0.2, 0.25) is 0 Å². The summed E-state index contributed by atoms with van der Waals surface area (Å²) < 4.78 is 11.1. The molecule has 1 aromatic rings. The van der Waals surface area contributed by atoms with Crippen molar-refractivity contribution >= 4 is 29.9 Å². The smallest absolute Gasteiger partial charge is 0.191 e. The van der Waals surface area contributed by atoms with E-state index >= 15 is 0 Å². The topological polar surface area (TPSA) is 54.9 Å². The lowest BCUT2D eigenvalue weighted by atomic mass is 10.0. The van der Waals surface area contributed by atoms with Gasteiger partial charge in [-0.1, -0.05) is 24.3 Å². The summed E-state index contributed by atoms with van der Waals surface area (Å²) in [5.41, 5.74) is 3.13. The average Bonchev–Trinajstić information content (AvgIpc) is 3.02. The van der Waals surface area contributed by atoms with Gasteiger partial charge in [0.15, 0.2) is 5.96 Å². The molecule has 0 amide bonds. The number of hydrogen-bond acceptors (Lipinski definition) is 3. The van der Waals surface area contributed by atoms with Crippen molar-refractivity contribution in [1.82, 2.24) is 10.6 Å². The number of hydrogen-bond donors (Lipinski definition) is 2. The molecule has 1 saturated heterocycles. The highest BCUT2D eigenvalue weighted by atomic mass is 127. The van der Waals surface area contributed by atoms with Gasteiger partial charge in [-0.3, -0.25) is 4.99 Å². The van der Waals surface area contributed by atoms with Gasteiger partial charge < -0.3 is 20.1 Å². The lowest BCUT2D eigenvalue weighted by molar-refractivity contribution is 0.0420. The summed E-state index contributed by atoms with van der Waals surface area (Å²) in [6.45, 7) is 7.20. The van der Waals surface area contributed by atoms with Gasteiger partial charge >= 0.3 is 0 Å². The van der Waals surface area contributed by atoms with E-state index in [0.717, 1.165) is 76.0 Å². The number of benzene rings is 1. The fourth-order valence-corrected chi connectivity index (χ4v) is 4.44. The maximum atomic E-state index is 5.81. The first-order chi connectivity index (χ1) is 12.9. The predicted molar refractivity (Wildman–Crippen MR) is 119 cm³/mol. The molecular formula is C21H32IN3O2. The van der Waals surface area contributed by atoms with Crippen LogP contribution in [-0.4, -0.2) is 51.5 Å². The van der Waals surface area contributed by atoms with E-state index in [1.807, 2.05) is 0 Å². The zero-order valence-electron chi connectivity index (χ0n) is 16.2. The van der Waals surface area contributed by atoms with E-state index in [-0.39, 0.29) is 24.0 Å². The van der Waals surface area contributed by atoms with Crippen LogP contribution < -0.4 is 10.6 Å². The van der Waals surface area contributed by atoms with Crippen LogP contribution in [0.1, 0.15) is 36.8 Å². The van der Waals surface area contributed by atoms with Gasteiger partial charge in [-0.05, 0) is 55.1 Å². The van der Waals surface area contributed by atoms with Crippen molar-refractivity contribution in [2.24, 2.45) is 16.8 Å². The second-order valence-corrected chi connectivity index (χ2v) is 7.61. The minimum Gasteiger partial charge on any atom is -0.379 e. The van der Waals surface area contributed by atoms with Crippen LogP contribution in [0.15, 0.2) is 29.3 Å². The molecule has 0 spiro atoms. The first-order valence-corrected chi connectivity index (χ1v) is 10.2. The molecule has 1 aliphatic heterocycles. The Labute approximate surface area is 179 Å². The molecule has 4 rings (SSSR count). The summed E-state index contributed by atoms with van der Waals surface area (Å²) in [7, 11) is 0. The van der Waals surface area contributed by atoms with Gasteiger partial charge in [0, 0.05) is 32.8 Å². The third-order valence-corrected chi connectivity index (χ3v) is 5.86. The normalized spacial score (nSPS) is 28.3. The minimum atomic E-state index is 0. The SMILES string of the molecule is CCNC(=NCC1C2Cc3ccccc3C12)NCCCOC1CCOC1.I. The summed E-state index contributed by atoms with van der Waals surface area (Å²) in [5, 5.41) is 6.80. The molecule has 5 nitrogen and oxygen atoms in total. The quantitative estimate of drug-likeness (QED) is 0.258. The Morgan fingerprint density at radius 2 is 2.19 bits per heavy atom. The van der Waals surface area contributed by atoms with Crippen molar-refractivity contribution in [2.75, 3.05) is 39.5 Å². The molecule has 0 radical (unpaired) electrons. The molecule has 4 atom stereocenters. The highest BCUT2D eigenvalue weighted by Gasteiger charge is 2.54. The molecule has 4 unspecified atom stereocenters. The largest absolute Gasteiger partial charge is 0.379 e. The molecule has 1 saturated carbocycles. The second-order valence-electron chi connectivity index (χ2n) is 7.61. The third-order valence-electron chi connectivity index (χ3n) is 5.86. The first-order valence-electron chi connectivity index (χ1n) is 10.2. The van der Waals surface area contributed by atoms with Crippen LogP contribution in [0.5, 0.6) is 0 Å². The number of fused-ring (bicyclic) bond motifs is 3. The Kier molecular flexibility index (Phi) is 7.78. The van der Waals surface area contributed by atoms with E-state index in [9.17, 15) is 0 Å². The zero-order chi connectivity index (χ0) is 17.8. The fraction of sp³-hybridized carbons (Fsp3) is 0.667. The molecular weight excluding hydrogens is 453 g/mol. The summed E-state index contributed by atoms with van der Waals surface area (Å²) in [4.78, 5) is 4.84. The molecule has 6 heteroatoms. The van der Waals surface area contributed by atoms with E-state index in [0.29, 0.717) is 6.10 Å². The lowest BCUT2D eigenvalue weighted by Gasteiger charge is -2.13. The number of halogens is 1. The van der Waals surface area contributed by atoms with Crippen molar-refractivity contribution in [2.45, 2.75) is 38.2 Å². The maximum absolute atomic E-state index is 5.81. The Hall–Kier alpha value is -0.860. The van der Waals surface area contributed by atoms with Crippen molar-refractivity contribution in [3.05, 3.63) is 35.4 Å². The molecule has 0 aromatic heterocycles. The first kappa shape index (κ1) is 20.9.